The van der Waals surface area contributed by atoms with Crippen LogP contribution in [-0.4, -0.2) is 25.5 Å². The molecule has 0 aliphatic heterocycles. The molecule has 1 rings (SSSR count). The minimum absolute atomic E-state index is 0.206. The molecule has 0 bridgehead atoms. The van der Waals surface area contributed by atoms with Gasteiger partial charge in [0.2, 0.25) is 0 Å². The minimum atomic E-state index is -1.45. The van der Waals surface area contributed by atoms with Crippen LogP contribution in [0, 0.1) is 17.5 Å². The standard InChI is InChI=1S/C10H13F3N2/c1-15(2)9(5-14)6-3-7(11)10(13)8(12)4-6/h3-4,9H,5,14H2,1-2H3. The summed E-state index contributed by atoms with van der Waals surface area (Å²) in [6, 6.07) is 1.61. The lowest BCUT2D eigenvalue weighted by Gasteiger charge is -2.23. The molecule has 84 valence electrons. The van der Waals surface area contributed by atoms with Crippen molar-refractivity contribution in [2.45, 2.75) is 6.04 Å². The summed E-state index contributed by atoms with van der Waals surface area (Å²) in [7, 11) is 3.47. The van der Waals surface area contributed by atoms with Gasteiger partial charge in [0.15, 0.2) is 17.5 Å². The lowest BCUT2D eigenvalue weighted by atomic mass is 10.1. The molecule has 2 N–H and O–H groups in total. The van der Waals surface area contributed by atoms with Gasteiger partial charge < -0.3 is 10.6 Å². The van der Waals surface area contributed by atoms with E-state index < -0.39 is 17.5 Å². The summed E-state index contributed by atoms with van der Waals surface area (Å²) in [4.78, 5) is 1.71. The van der Waals surface area contributed by atoms with Crippen molar-refractivity contribution in [2.75, 3.05) is 20.6 Å². The van der Waals surface area contributed by atoms with Crippen molar-refractivity contribution in [1.82, 2.24) is 4.90 Å². The summed E-state index contributed by atoms with van der Waals surface area (Å²) in [5.74, 6) is -3.83. The second-order valence-corrected chi connectivity index (χ2v) is 3.51. The van der Waals surface area contributed by atoms with Gasteiger partial charge in [-0.05, 0) is 31.8 Å². The first-order valence-electron chi connectivity index (χ1n) is 4.48. The quantitative estimate of drug-likeness (QED) is 0.782. The Morgan fingerprint density at radius 2 is 1.67 bits per heavy atom. The highest BCUT2D eigenvalue weighted by Gasteiger charge is 2.17. The van der Waals surface area contributed by atoms with E-state index in [1.807, 2.05) is 0 Å². The molecule has 0 spiro atoms. The summed E-state index contributed by atoms with van der Waals surface area (Å²) in [5.41, 5.74) is 5.80. The molecule has 0 saturated heterocycles. The maximum absolute atomic E-state index is 12.9. The Hall–Kier alpha value is -1.07. The SMILES string of the molecule is CN(C)C(CN)c1cc(F)c(F)c(F)c1. The first kappa shape index (κ1) is 12.0. The molecule has 1 atom stereocenters. The highest BCUT2D eigenvalue weighted by molar-refractivity contribution is 5.23. The molecule has 0 aliphatic carbocycles. The van der Waals surface area contributed by atoms with Gasteiger partial charge in [-0.15, -0.1) is 0 Å². The molecule has 0 amide bonds. The largest absolute Gasteiger partial charge is 0.329 e. The zero-order valence-corrected chi connectivity index (χ0v) is 8.60. The van der Waals surface area contributed by atoms with Crippen LogP contribution >= 0.6 is 0 Å². The molecule has 2 nitrogen and oxygen atoms in total. The van der Waals surface area contributed by atoms with Crippen LogP contribution in [0.1, 0.15) is 11.6 Å². The second-order valence-electron chi connectivity index (χ2n) is 3.51. The van der Waals surface area contributed by atoms with Crippen molar-refractivity contribution in [3.63, 3.8) is 0 Å². The molecular formula is C10H13F3N2. The van der Waals surface area contributed by atoms with E-state index >= 15 is 0 Å². The average molecular weight is 218 g/mol. The molecule has 0 radical (unpaired) electrons. The maximum atomic E-state index is 12.9. The van der Waals surface area contributed by atoms with Crippen molar-refractivity contribution in [3.05, 3.63) is 35.1 Å². The fraction of sp³-hybridized carbons (Fsp3) is 0.400. The monoisotopic (exact) mass is 218 g/mol. The zero-order valence-electron chi connectivity index (χ0n) is 8.60. The van der Waals surface area contributed by atoms with Crippen LogP contribution in [0.15, 0.2) is 12.1 Å². The summed E-state index contributed by atoms with van der Waals surface area (Å²) in [5, 5.41) is 0. The Kier molecular flexibility index (Phi) is 3.71. The molecule has 0 aliphatic rings. The smallest absolute Gasteiger partial charge is 0.194 e. The van der Waals surface area contributed by atoms with Gasteiger partial charge in [0, 0.05) is 12.6 Å². The molecule has 0 fully saturated rings. The molecule has 1 aromatic carbocycles. The lowest BCUT2D eigenvalue weighted by molar-refractivity contribution is 0.303. The van der Waals surface area contributed by atoms with Crippen molar-refractivity contribution < 1.29 is 13.2 Å². The third kappa shape index (κ3) is 2.49. The number of benzene rings is 1. The van der Waals surface area contributed by atoms with E-state index in [0.29, 0.717) is 5.56 Å². The van der Waals surface area contributed by atoms with E-state index in [2.05, 4.69) is 0 Å². The Morgan fingerprint density at radius 1 is 1.20 bits per heavy atom. The lowest BCUT2D eigenvalue weighted by Crippen LogP contribution is -2.27. The number of hydrogen-bond donors (Lipinski definition) is 1. The highest BCUT2D eigenvalue weighted by Crippen LogP contribution is 2.21. The van der Waals surface area contributed by atoms with Crippen LogP contribution < -0.4 is 5.73 Å². The van der Waals surface area contributed by atoms with E-state index in [1.54, 1.807) is 19.0 Å². The van der Waals surface area contributed by atoms with Gasteiger partial charge in [-0.3, -0.25) is 0 Å². The molecule has 1 aromatic rings. The van der Waals surface area contributed by atoms with Gasteiger partial charge >= 0.3 is 0 Å². The predicted molar refractivity (Wildman–Crippen MR) is 51.8 cm³/mol. The summed E-state index contributed by atoms with van der Waals surface area (Å²) in [6.45, 7) is 0.206. The molecular weight excluding hydrogens is 205 g/mol. The van der Waals surface area contributed by atoms with Crippen molar-refractivity contribution >= 4 is 0 Å². The topological polar surface area (TPSA) is 29.3 Å². The van der Waals surface area contributed by atoms with E-state index in [-0.39, 0.29) is 12.6 Å². The third-order valence-electron chi connectivity index (χ3n) is 2.24. The molecule has 0 aromatic heterocycles. The van der Waals surface area contributed by atoms with E-state index in [4.69, 9.17) is 5.73 Å². The van der Waals surface area contributed by atoms with Gasteiger partial charge in [0.25, 0.3) is 0 Å². The predicted octanol–water partition coefficient (Wildman–Crippen LogP) is 1.67. The Balaban J connectivity index is 3.14. The summed E-state index contributed by atoms with van der Waals surface area (Å²) in [6.07, 6.45) is 0. The Labute approximate surface area is 86.5 Å². The van der Waals surface area contributed by atoms with E-state index in [9.17, 15) is 13.2 Å². The number of hydrogen-bond acceptors (Lipinski definition) is 2. The van der Waals surface area contributed by atoms with Crippen LogP contribution in [0.3, 0.4) is 0 Å². The maximum Gasteiger partial charge on any atom is 0.194 e. The Bertz CT molecular complexity index is 330. The fourth-order valence-corrected chi connectivity index (χ4v) is 1.41. The van der Waals surface area contributed by atoms with E-state index in [0.717, 1.165) is 12.1 Å². The minimum Gasteiger partial charge on any atom is -0.329 e. The number of rotatable bonds is 3. The molecule has 0 saturated carbocycles. The van der Waals surface area contributed by atoms with Gasteiger partial charge in [0.1, 0.15) is 0 Å². The number of halogens is 3. The van der Waals surface area contributed by atoms with Crippen molar-refractivity contribution in [1.29, 1.82) is 0 Å². The number of nitrogens with two attached hydrogens (primary N) is 1. The van der Waals surface area contributed by atoms with Crippen molar-refractivity contribution in [2.24, 2.45) is 5.73 Å². The first-order chi connectivity index (χ1) is 6.97. The summed E-state index contributed by atoms with van der Waals surface area (Å²) >= 11 is 0. The molecule has 15 heavy (non-hydrogen) atoms. The van der Waals surface area contributed by atoms with Crippen LogP contribution in [0.4, 0.5) is 13.2 Å². The summed E-state index contributed by atoms with van der Waals surface area (Å²) < 4.78 is 38.5. The van der Waals surface area contributed by atoms with Crippen LogP contribution in [-0.2, 0) is 0 Å². The molecule has 1 unspecified atom stereocenters. The van der Waals surface area contributed by atoms with Crippen LogP contribution in [0.25, 0.3) is 0 Å². The first-order valence-corrected chi connectivity index (χ1v) is 4.48. The highest BCUT2D eigenvalue weighted by atomic mass is 19.2. The number of likely N-dealkylation sites (N-methyl/N-ethyl adjacent to an activating group) is 1. The molecule has 0 heterocycles. The zero-order chi connectivity index (χ0) is 11.6. The van der Waals surface area contributed by atoms with Crippen LogP contribution in [0.5, 0.6) is 0 Å². The van der Waals surface area contributed by atoms with Gasteiger partial charge in [-0.2, -0.15) is 0 Å². The van der Waals surface area contributed by atoms with Gasteiger partial charge in [-0.1, -0.05) is 0 Å². The third-order valence-corrected chi connectivity index (χ3v) is 2.24. The number of nitrogens with zero attached hydrogens (tertiary/aromatic N) is 1. The van der Waals surface area contributed by atoms with Gasteiger partial charge in [0.05, 0.1) is 0 Å². The van der Waals surface area contributed by atoms with Crippen molar-refractivity contribution in [3.8, 4) is 0 Å². The second kappa shape index (κ2) is 4.63. The molecule has 5 heteroatoms. The van der Waals surface area contributed by atoms with Gasteiger partial charge in [-0.25, -0.2) is 13.2 Å². The Morgan fingerprint density at radius 3 is 2.00 bits per heavy atom. The normalized spacial score (nSPS) is 13.3. The fourth-order valence-electron chi connectivity index (χ4n) is 1.41. The average Bonchev–Trinajstić information content (AvgIpc) is 2.14. The van der Waals surface area contributed by atoms with E-state index in [1.165, 1.54) is 0 Å². The van der Waals surface area contributed by atoms with Crippen LogP contribution in [0.2, 0.25) is 0 Å².